The maximum Gasteiger partial charge on any atom is 0.244 e. The van der Waals surface area contributed by atoms with Gasteiger partial charge in [0.05, 0.1) is 15.2 Å². The maximum absolute atomic E-state index is 9.60. The van der Waals surface area contributed by atoms with Crippen LogP contribution in [-0.2, 0) is 42.6 Å². The topological polar surface area (TPSA) is 279 Å². The lowest BCUT2D eigenvalue weighted by atomic mass is 11.5. The molecule has 1 rings (SSSR count). The van der Waals surface area contributed by atoms with Gasteiger partial charge in [-0.1, -0.05) is 17.5 Å². The molecule has 0 aromatic heterocycles. The Balaban J connectivity index is 2.79. The van der Waals surface area contributed by atoms with Crippen molar-refractivity contribution in [1.29, 1.82) is 0 Å². The Kier molecular flexibility index (Phi) is 9.18. The molecule has 13 N–H and O–H groups in total. The highest BCUT2D eigenvalue weighted by molar-refractivity contribution is 14.1. The summed E-state index contributed by atoms with van der Waals surface area (Å²) in [6.45, 7) is 0. The van der Waals surface area contributed by atoms with Crippen LogP contribution in [-0.4, -0.2) is 61.2 Å². The number of quaternary nitrogens is 3. The molecule has 1 unspecified atom stereocenters. The van der Waals surface area contributed by atoms with Crippen LogP contribution in [0.25, 0.3) is 0 Å². The fourth-order valence-corrected chi connectivity index (χ4v) is 1.15. The van der Waals surface area contributed by atoms with E-state index in [-0.39, 0.29) is 16.0 Å². The van der Waals surface area contributed by atoms with E-state index in [1.54, 1.807) is 0 Å². The number of nitrogens with two attached hydrogens (primary N) is 5. The molecule has 0 radical (unpaired) electrons. The van der Waals surface area contributed by atoms with Crippen LogP contribution in [0.5, 0.6) is 0 Å². The number of hydrazine groups is 3. The van der Waals surface area contributed by atoms with Gasteiger partial charge in [0.1, 0.15) is 17.8 Å². The molecule has 1 saturated heterocycles. The predicted molar refractivity (Wildman–Crippen MR) is 71.4 cm³/mol. The highest BCUT2D eigenvalue weighted by atomic mass is 127. The first-order chi connectivity index (χ1) is 12.4. The SMILES string of the molecule is CNN(O)O[N+](N)(OI)ON(O)O[N+]1(N)ON(N)O[N+](N)(OC)ON(N)O1. The maximum atomic E-state index is 9.60. The second-order valence-corrected chi connectivity index (χ2v) is 4.14. The van der Waals surface area contributed by atoms with Crippen LogP contribution in [0.15, 0.2) is 0 Å². The highest BCUT2D eigenvalue weighted by Gasteiger charge is 2.53. The Morgan fingerprint density at radius 3 is 1.96 bits per heavy atom. The summed E-state index contributed by atoms with van der Waals surface area (Å²) in [6.07, 6.45) is 0. The lowest BCUT2D eigenvalue weighted by Crippen LogP contribution is -2.71. The number of hydrogen-bond donors (Lipinski definition) is 8. The standard InChI is InChI=1S/C2H19IN13O11/c1-9-12(17)25-15(7,20-3)26-13(18)27-16(8)23-10(4)21-14(6,19-2)22-11(5)24-16/h9,17-18H,4-8H2,1-2H3/q+3. The zero-order valence-electron chi connectivity index (χ0n) is 13.5. The highest BCUT2D eigenvalue weighted by Crippen LogP contribution is 2.18. The third-order valence-corrected chi connectivity index (χ3v) is 2.43. The number of halogens is 1. The zero-order valence-corrected chi connectivity index (χ0v) is 15.6. The summed E-state index contributed by atoms with van der Waals surface area (Å²) in [4.78, 5) is 36.1. The van der Waals surface area contributed by atoms with Crippen LogP contribution in [0, 0.1) is 0 Å². The molecule has 0 aromatic rings. The van der Waals surface area contributed by atoms with E-state index in [0.717, 1.165) is 30.1 Å². The Morgan fingerprint density at radius 1 is 1.07 bits per heavy atom. The molecule has 1 aliphatic heterocycles. The summed E-state index contributed by atoms with van der Waals surface area (Å²) < 4.78 is 4.46. The van der Waals surface area contributed by atoms with Gasteiger partial charge < -0.3 is 0 Å². The Hall–Kier alpha value is -0.230. The van der Waals surface area contributed by atoms with E-state index in [9.17, 15) is 5.21 Å². The molecule has 1 fully saturated rings. The van der Waals surface area contributed by atoms with Crippen LogP contribution in [0.4, 0.5) is 0 Å². The van der Waals surface area contributed by atoms with E-state index in [1.165, 1.54) is 7.05 Å². The van der Waals surface area contributed by atoms with E-state index in [0.29, 0.717) is 0 Å². The minimum absolute atomic E-state index is 0.0726. The van der Waals surface area contributed by atoms with E-state index in [1.807, 2.05) is 5.43 Å². The quantitative estimate of drug-likeness (QED) is 0.0600. The molecule has 1 atom stereocenters. The van der Waals surface area contributed by atoms with E-state index >= 15 is 0 Å². The van der Waals surface area contributed by atoms with Crippen LogP contribution < -0.4 is 34.6 Å². The van der Waals surface area contributed by atoms with Gasteiger partial charge in [-0.2, -0.15) is 0 Å². The third-order valence-electron chi connectivity index (χ3n) is 1.88. The molecule has 162 valence electrons. The molecule has 0 bridgehead atoms. The molecule has 0 aromatic carbocycles. The number of nitrogens with one attached hydrogen (secondary N) is 1. The van der Waals surface area contributed by atoms with Gasteiger partial charge in [-0.25, -0.2) is 17.1 Å². The summed E-state index contributed by atoms with van der Waals surface area (Å²) in [5, 5.41) is 12.0. The van der Waals surface area contributed by atoms with Crippen molar-refractivity contribution in [1.82, 2.24) is 26.8 Å². The molecule has 0 aliphatic carbocycles. The monoisotopic (exact) mass is 528 g/mol. The normalized spacial score (nSPS) is 31.1. The fourth-order valence-electron chi connectivity index (χ4n) is 1.00. The van der Waals surface area contributed by atoms with Gasteiger partial charge in [0, 0.05) is 31.7 Å². The Labute approximate surface area is 162 Å². The molecule has 0 spiro atoms. The zero-order chi connectivity index (χ0) is 20.9. The molecule has 27 heavy (non-hydrogen) atoms. The van der Waals surface area contributed by atoms with Gasteiger partial charge in [0.15, 0.2) is 5.39 Å². The molecule has 0 amide bonds. The molecular formula is C2H19IN13O11+3. The van der Waals surface area contributed by atoms with Crippen LogP contribution in [0.3, 0.4) is 0 Å². The molecule has 0 saturated carbocycles. The molecular weight excluding hydrogens is 509 g/mol. The average molecular weight is 528 g/mol. The van der Waals surface area contributed by atoms with Gasteiger partial charge >= 0.3 is 0 Å². The van der Waals surface area contributed by atoms with Crippen molar-refractivity contribution in [3.63, 3.8) is 0 Å². The van der Waals surface area contributed by atoms with Crippen molar-refractivity contribution in [2.45, 2.75) is 0 Å². The van der Waals surface area contributed by atoms with Crippen molar-refractivity contribution < 1.29 is 68.2 Å². The van der Waals surface area contributed by atoms with Crippen molar-refractivity contribution in [3.05, 3.63) is 0 Å². The van der Waals surface area contributed by atoms with Crippen molar-refractivity contribution in [2.24, 2.45) is 29.2 Å². The Bertz CT molecular complexity index is 448. The van der Waals surface area contributed by atoms with Crippen molar-refractivity contribution in [2.75, 3.05) is 14.2 Å². The summed E-state index contributed by atoms with van der Waals surface area (Å²) >= 11 is 1.16. The third kappa shape index (κ3) is 7.96. The van der Waals surface area contributed by atoms with Crippen LogP contribution >= 0.6 is 23.0 Å². The van der Waals surface area contributed by atoms with Gasteiger partial charge in [-0.15, -0.1) is 4.84 Å². The summed E-state index contributed by atoms with van der Waals surface area (Å²) in [7, 11) is 2.24. The van der Waals surface area contributed by atoms with Crippen molar-refractivity contribution in [3.8, 4) is 0 Å². The molecule has 24 nitrogen and oxygen atoms in total. The largest absolute Gasteiger partial charge is 0.271 e. The number of rotatable bonds is 9. The lowest BCUT2D eigenvalue weighted by Gasteiger charge is -2.31. The molecule has 1 heterocycles. The van der Waals surface area contributed by atoms with Gasteiger partial charge in [-0.05, 0) is 3.17 Å². The van der Waals surface area contributed by atoms with Gasteiger partial charge in [0.2, 0.25) is 38.3 Å². The van der Waals surface area contributed by atoms with Crippen LogP contribution in [0.1, 0.15) is 0 Å². The fraction of sp³-hybridized carbons (Fsp3) is 1.00. The van der Waals surface area contributed by atoms with E-state index in [4.69, 9.17) is 34.4 Å². The second kappa shape index (κ2) is 10.00. The smallest absolute Gasteiger partial charge is 0.244 e. The average Bonchev–Trinajstić information content (AvgIpc) is 2.51. The van der Waals surface area contributed by atoms with Gasteiger partial charge in [0.25, 0.3) is 0 Å². The molecule has 25 heteroatoms. The minimum Gasteiger partial charge on any atom is -0.271 e. The molecule has 1 aliphatic rings. The van der Waals surface area contributed by atoms with E-state index in [2.05, 4.69) is 42.6 Å². The summed E-state index contributed by atoms with van der Waals surface area (Å²) in [5.74, 6) is 26.6. The lowest BCUT2D eigenvalue weighted by molar-refractivity contribution is -1.50. The van der Waals surface area contributed by atoms with Crippen LogP contribution in [0.2, 0.25) is 0 Å². The first-order valence-electron chi connectivity index (χ1n) is 5.90. The Morgan fingerprint density at radius 2 is 1.56 bits per heavy atom. The van der Waals surface area contributed by atoms with Gasteiger partial charge in [-0.3, -0.25) is 10.4 Å². The summed E-state index contributed by atoms with van der Waals surface area (Å²) in [6, 6.07) is 0. The van der Waals surface area contributed by atoms with Crippen molar-refractivity contribution >= 4 is 23.0 Å². The first-order valence-corrected chi connectivity index (χ1v) is 6.78. The second-order valence-electron chi connectivity index (χ2n) is 3.75. The minimum atomic E-state index is -2.19. The summed E-state index contributed by atoms with van der Waals surface area (Å²) in [5.41, 5.74) is 2.04. The first kappa shape index (κ1) is 24.8. The predicted octanol–water partition coefficient (Wildman–Crippen LogP) is -5.29. The number of nitrogens with zero attached hydrogens (tertiary/aromatic N) is 7. The number of hydrogen-bond acceptors (Lipinski definition) is 21. The van der Waals surface area contributed by atoms with E-state index < -0.39 is 20.6 Å².